The SMILES string of the molecule is Nc1nc(N2CCN3CCCC3C2)c2oc3ccc(Br)cc3c2n1.O=C(O)C(F)(F)F. The van der Waals surface area contributed by atoms with Crippen LogP contribution in [-0.2, 0) is 4.79 Å². The minimum Gasteiger partial charge on any atom is -0.475 e. The van der Waals surface area contributed by atoms with E-state index in [-0.39, 0.29) is 0 Å². The molecule has 3 aromatic rings. The van der Waals surface area contributed by atoms with Gasteiger partial charge in [-0.15, -0.1) is 0 Å². The Kier molecular flexibility index (Phi) is 5.69. The largest absolute Gasteiger partial charge is 0.490 e. The highest BCUT2D eigenvalue weighted by Gasteiger charge is 2.38. The number of carbonyl (C=O) groups is 1. The molecular weight excluding hydrogens is 483 g/mol. The van der Waals surface area contributed by atoms with Crippen LogP contribution in [0.3, 0.4) is 0 Å². The number of benzene rings is 1. The van der Waals surface area contributed by atoms with E-state index in [9.17, 15) is 13.2 Å². The number of nitrogens with two attached hydrogens (primary N) is 1. The lowest BCUT2D eigenvalue weighted by Gasteiger charge is -2.38. The number of rotatable bonds is 1. The van der Waals surface area contributed by atoms with Crippen molar-refractivity contribution in [3.63, 3.8) is 0 Å². The van der Waals surface area contributed by atoms with Gasteiger partial charge in [0.2, 0.25) is 5.95 Å². The Hall–Kier alpha value is -2.60. The first kappa shape index (κ1) is 21.6. The van der Waals surface area contributed by atoms with Crippen LogP contribution in [0, 0.1) is 0 Å². The first-order valence-electron chi connectivity index (χ1n) is 9.58. The highest BCUT2D eigenvalue weighted by molar-refractivity contribution is 9.10. The van der Waals surface area contributed by atoms with E-state index in [1.165, 1.54) is 19.4 Å². The zero-order valence-corrected chi connectivity index (χ0v) is 17.8. The van der Waals surface area contributed by atoms with Gasteiger partial charge < -0.3 is 20.2 Å². The molecule has 31 heavy (non-hydrogen) atoms. The molecule has 2 saturated heterocycles. The number of aliphatic carboxylic acids is 1. The number of carboxylic acids is 1. The molecule has 4 heterocycles. The van der Waals surface area contributed by atoms with E-state index in [0.29, 0.717) is 12.0 Å². The smallest absolute Gasteiger partial charge is 0.475 e. The number of anilines is 2. The molecule has 0 amide bonds. The molecular formula is C19H19BrF3N5O3. The van der Waals surface area contributed by atoms with Gasteiger partial charge in [-0.2, -0.15) is 18.2 Å². The van der Waals surface area contributed by atoms with Gasteiger partial charge >= 0.3 is 12.1 Å². The number of nitrogens with zero attached hydrogens (tertiary/aromatic N) is 4. The van der Waals surface area contributed by atoms with Gasteiger partial charge in [-0.25, -0.2) is 9.78 Å². The van der Waals surface area contributed by atoms with Crippen molar-refractivity contribution in [3.05, 3.63) is 22.7 Å². The number of aromatic nitrogens is 2. The highest BCUT2D eigenvalue weighted by Crippen LogP contribution is 2.36. The van der Waals surface area contributed by atoms with E-state index in [1.807, 2.05) is 18.2 Å². The van der Waals surface area contributed by atoms with Crippen molar-refractivity contribution in [2.75, 3.05) is 36.8 Å². The maximum absolute atomic E-state index is 10.6. The van der Waals surface area contributed by atoms with Gasteiger partial charge in [-0.1, -0.05) is 15.9 Å². The van der Waals surface area contributed by atoms with Crippen molar-refractivity contribution in [3.8, 4) is 0 Å². The number of hydrogen-bond acceptors (Lipinski definition) is 7. The van der Waals surface area contributed by atoms with Crippen LogP contribution in [0.2, 0.25) is 0 Å². The molecule has 2 aromatic heterocycles. The molecule has 0 bridgehead atoms. The fourth-order valence-electron chi connectivity index (χ4n) is 4.02. The van der Waals surface area contributed by atoms with Crippen LogP contribution in [0.1, 0.15) is 12.8 Å². The second kappa shape index (κ2) is 8.15. The zero-order valence-electron chi connectivity index (χ0n) is 16.2. The van der Waals surface area contributed by atoms with Crippen molar-refractivity contribution in [1.82, 2.24) is 14.9 Å². The number of fused-ring (bicyclic) bond motifs is 4. The number of nitrogen functional groups attached to an aromatic ring is 1. The minimum absolute atomic E-state index is 0.300. The van der Waals surface area contributed by atoms with Gasteiger partial charge in [-0.05, 0) is 37.6 Å². The second-order valence-corrected chi connectivity index (χ2v) is 8.32. The summed E-state index contributed by atoms with van der Waals surface area (Å²) in [6.07, 6.45) is -2.54. The van der Waals surface area contributed by atoms with Crippen LogP contribution < -0.4 is 10.6 Å². The fraction of sp³-hybridized carbons (Fsp3) is 0.421. The Morgan fingerprint density at radius 2 is 2.00 bits per heavy atom. The molecule has 5 rings (SSSR count). The molecule has 0 saturated carbocycles. The fourth-order valence-corrected chi connectivity index (χ4v) is 4.38. The molecule has 2 aliphatic heterocycles. The van der Waals surface area contributed by atoms with E-state index >= 15 is 0 Å². The molecule has 1 unspecified atom stereocenters. The number of hydrogen-bond donors (Lipinski definition) is 2. The third-order valence-electron chi connectivity index (χ3n) is 5.40. The zero-order chi connectivity index (χ0) is 22.3. The minimum atomic E-state index is -5.08. The predicted molar refractivity (Wildman–Crippen MR) is 112 cm³/mol. The molecule has 2 fully saturated rings. The Morgan fingerprint density at radius 1 is 1.26 bits per heavy atom. The number of halogens is 4. The Labute approximate surface area is 182 Å². The molecule has 1 atom stereocenters. The number of carboxylic acid groups (broad SMARTS) is 1. The third-order valence-corrected chi connectivity index (χ3v) is 5.90. The first-order valence-corrected chi connectivity index (χ1v) is 10.4. The molecule has 0 aliphatic carbocycles. The summed E-state index contributed by atoms with van der Waals surface area (Å²) < 4.78 is 38.8. The Balaban J connectivity index is 0.000000289. The predicted octanol–water partition coefficient (Wildman–Crippen LogP) is 3.64. The lowest BCUT2D eigenvalue weighted by atomic mass is 10.1. The lowest BCUT2D eigenvalue weighted by Crippen LogP contribution is -2.50. The van der Waals surface area contributed by atoms with Crippen molar-refractivity contribution in [1.29, 1.82) is 0 Å². The van der Waals surface area contributed by atoms with Gasteiger partial charge in [0.25, 0.3) is 0 Å². The molecule has 0 radical (unpaired) electrons. The van der Waals surface area contributed by atoms with E-state index in [2.05, 4.69) is 35.7 Å². The summed E-state index contributed by atoms with van der Waals surface area (Å²) in [5.74, 6) is -1.63. The molecule has 0 spiro atoms. The van der Waals surface area contributed by atoms with E-state index < -0.39 is 12.1 Å². The summed E-state index contributed by atoms with van der Waals surface area (Å²) in [7, 11) is 0. The summed E-state index contributed by atoms with van der Waals surface area (Å²) in [4.78, 5) is 22.8. The normalized spacial score (nSPS) is 19.4. The van der Waals surface area contributed by atoms with Crippen molar-refractivity contribution in [2.45, 2.75) is 25.1 Å². The lowest BCUT2D eigenvalue weighted by molar-refractivity contribution is -0.192. The maximum atomic E-state index is 10.6. The van der Waals surface area contributed by atoms with Crippen LogP contribution in [0.4, 0.5) is 24.9 Å². The average Bonchev–Trinajstić information content (AvgIpc) is 3.31. The third kappa shape index (κ3) is 4.40. The summed E-state index contributed by atoms with van der Waals surface area (Å²) >= 11 is 3.51. The molecule has 166 valence electrons. The summed E-state index contributed by atoms with van der Waals surface area (Å²) in [5, 5.41) is 8.09. The van der Waals surface area contributed by atoms with E-state index in [4.69, 9.17) is 20.1 Å². The van der Waals surface area contributed by atoms with Crippen molar-refractivity contribution >= 4 is 55.7 Å². The van der Waals surface area contributed by atoms with Gasteiger partial charge in [0.15, 0.2) is 11.4 Å². The van der Waals surface area contributed by atoms with Gasteiger partial charge in [0.1, 0.15) is 11.1 Å². The molecule has 12 heteroatoms. The number of furan rings is 1. The van der Waals surface area contributed by atoms with Gasteiger partial charge in [0, 0.05) is 35.5 Å². The summed E-state index contributed by atoms with van der Waals surface area (Å²) in [5.41, 5.74) is 8.36. The van der Waals surface area contributed by atoms with Gasteiger partial charge in [-0.3, -0.25) is 4.90 Å². The number of piperazine rings is 1. The van der Waals surface area contributed by atoms with Crippen LogP contribution in [-0.4, -0.2) is 64.3 Å². The van der Waals surface area contributed by atoms with Crippen LogP contribution in [0.5, 0.6) is 0 Å². The first-order chi connectivity index (χ1) is 14.6. The van der Waals surface area contributed by atoms with Crippen molar-refractivity contribution in [2.24, 2.45) is 0 Å². The van der Waals surface area contributed by atoms with E-state index in [0.717, 1.165) is 52.0 Å². The molecule has 8 nitrogen and oxygen atoms in total. The Morgan fingerprint density at radius 3 is 2.71 bits per heavy atom. The van der Waals surface area contributed by atoms with E-state index in [1.54, 1.807) is 0 Å². The van der Waals surface area contributed by atoms with Gasteiger partial charge in [0.05, 0.1) is 0 Å². The monoisotopic (exact) mass is 501 g/mol. The summed E-state index contributed by atoms with van der Waals surface area (Å²) in [6, 6.07) is 6.56. The highest BCUT2D eigenvalue weighted by atomic mass is 79.9. The number of alkyl halides is 3. The molecule has 3 N–H and O–H groups in total. The quantitative estimate of drug-likeness (QED) is 0.520. The van der Waals surface area contributed by atoms with Crippen LogP contribution in [0.25, 0.3) is 22.1 Å². The standard InChI is InChI=1S/C17H18BrN5O.C2HF3O2/c18-10-3-4-13-12(8-10)14-15(24-13)16(21-17(19)20-14)23-7-6-22-5-1-2-11(22)9-23;3-2(4,5)1(6)7/h3-4,8,11H,1-2,5-7,9H2,(H2,19,20,21);(H,6,7). The Bertz CT molecular complexity index is 1140. The van der Waals surface area contributed by atoms with Crippen LogP contribution in [0.15, 0.2) is 27.1 Å². The van der Waals surface area contributed by atoms with Crippen molar-refractivity contribution < 1.29 is 27.5 Å². The second-order valence-electron chi connectivity index (χ2n) is 7.41. The van der Waals surface area contributed by atoms with Crippen LogP contribution >= 0.6 is 15.9 Å². The summed E-state index contributed by atoms with van der Waals surface area (Å²) in [6.45, 7) is 4.22. The maximum Gasteiger partial charge on any atom is 0.490 e. The average molecular weight is 502 g/mol. The topological polar surface area (TPSA) is 109 Å². The molecule has 2 aliphatic rings. The molecule has 1 aromatic carbocycles.